The first-order valence-corrected chi connectivity index (χ1v) is 9.19. The molecule has 0 aliphatic carbocycles. The van der Waals surface area contributed by atoms with Crippen molar-refractivity contribution >= 4 is 23.2 Å². The Labute approximate surface area is 158 Å². The molecule has 138 valence electrons. The molecule has 2 aromatic rings. The molecule has 2 aromatic carbocycles. The van der Waals surface area contributed by atoms with Gasteiger partial charge in [0, 0.05) is 37.2 Å². The van der Waals surface area contributed by atoms with Crippen molar-refractivity contribution in [1.29, 1.82) is 0 Å². The Morgan fingerprint density at radius 3 is 2.46 bits per heavy atom. The average molecular weight is 376 g/mol. The molecular weight excluding hydrogens is 353 g/mol. The molecule has 1 saturated heterocycles. The van der Waals surface area contributed by atoms with Crippen LogP contribution in [0.2, 0.25) is 5.02 Å². The molecule has 1 N–H and O–H groups in total. The van der Waals surface area contributed by atoms with Crippen molar-refractivity contribution in [2.24, 2.45) is 0 Å². The number of carbonyl (C=O) groups is 1. The van der Waals surface area contributed by atoms with Crippen molar-refractivity contribution in [3.05, 3.63) is 64.9 Å². The van der Waals surface area contributed by atoms with Crippen LogP contribution in [0, 0.1) is 5.82 Å². The molecule has 0 radical (unpaired) electrons. The monoisotopic (exact) mass is 375 g/mol. The molecule has 0 bridgehead atoms. The molecule has 6 heteroatoms. The van der Waals surface area contributed by atoms with Crippen LogP contribution in [0.5, 0.6) is 0 Å². The highest BCUT2D eigenvalue weighted by molar-refractivity contribution is 6.31. The molecule has 0 aromatic heterocycles. The van der Waals surface area contributed by atoms with E-state index in [1.165, 1.54) is 6.07 Å². The van der Waals surface area contributed by atoms with Crippen LogP contribution in [0.1, 0.15) is 18.5 Å². The van der Waals surface area contributed by atoms with E-state index < -0.39 is 0 Å². The first-order chi connectivity index (χ1) is 12.6. The zero-order chi connectivity index (χ0) is 18.5. The number of halogens is 2. The molecule has 3 rings (SSSR count). The van der Waals surface area contributed by atoms with E-state index in [0.717, 1.165) is 5.56 Å². The van der Waals surface area contributed by atoms with Gasteiger partial charge in [-0.15, -0.1) is 0 Å². The van der Waals surface area contributed by atoms with E-state index in [0.29, 0.717) is 36.9 Å². The standard InChI is InChI=1S/C20H23ClFN3O/c1-15(16-6-2-3-7-17(16)21)23-14-20(26)25-12-10-24(11-13-25)19-9-5-4-8-18(19)22/h2-9,15,23H,10-14H2,1H3. The smallest absolute Gasteiger partial charge is 0.236 e. The molecule has 1 heterocycles. The predicted molar refractivity (Wildman–Crippen MR) is 103 cm³/mol. The second-order valence-corrected chi connectivity index (χ2v) is 6.85. The predicted octanol–water partition coefficient (Wildman–Crippen LogP) is 3.48. The number of amides is 1. The third kappa shape index (κ3) is 4.34. The molecule has 1 amide bonds. The zero-order valence-corrected chi connectivity index (χ0v) is 15.5. The minimum Gasteiger partial charge on any atom is -0.366 e. The number of nitrogens with zero attached hydrogens (tertiary/aromatic N) is 2. The molecule has 0 saturated carbocycles. The molecule has 1 atom stereocenters. The molecule has 0 spiro atoms. The highest BCUT2D eigenvalue weighted by Crippen LogP contribution is 2.22. The van der Waals surface area contributed by atoms with Crippen LogP contribution in [0.15, 0.2) is 48.5 Å². The van der Waals surface area contributed by atoms with Gasteiger partial charge in [0.05, 0.1) is 12.2 Å². The second kappa shape index (κ2) is 8.52. The average Bonchev–Trinajstić information content (AvgIpc) is 2.67. The van der Waals surface area contributed by atoms with Crippen molar-refractivity contribution in [2.75, 3.05) is 37.6 Å². The van der Waals surface area contributed by atoms with E-state index in [1.54, 1.807) is 12.1 Å². The SMILES string of the molecule is CC(NCC(=O)N1CCN(c2ccccc2F)CC1)c1ccccc1Cl. The molecule has 4 nitrogen and oxygen atoms in total. The fourth-order valence-electron chi connectivity index (χ4n) is 3.19. The minimum atomic E-state index is -0.220. The van der Waals surface area contributed by atoms with E-state index in [2.05, 4.69) is 5.32 Å². The highest BCUT2D eigenvalue weighted by atomic mass is 35.5. The summed E-state index contributed by atoms with van der Waals surface area (Å²) >= 11 is 6.20. The van der Waals surface area contributed by atoms with Crippen LogP contribution in [0.4, 0.5) is 10.1 Å². The summed E-state index contributed by atoms with van der Waals surface area (Å²) in [7, 11) is 0. The number of hydrogen-bond donors (Lipinski definition) is 1. The molecule has 1 fully saturated rings. The summed E-state index contributed by atoms with van der Waals surface area (Å²) in [6.45, 7) is 4.70. The van der Waals surface area contributed by atoms with Crippen LogP contribution >= 0.6 is 11.6 Å². The fourth-order valence-corrected chi connectivity index (χ4v) is 3.49. The van der Waals surface area contributed by atoms with Gasteiger partial charge < -0.3 is 15.1 Å². The van der Waals surface area contributed by atoms with Crippen LogP contribution < -0.4 is 10.2 Å². The van der Waals surface area contributed by atoms with E-state index in [1.807, 2.05) is 47.1 Å². The van der Waals surface area contributed by atoms with Crippen molar-refractivity contribution in [3.8, 4) is 0 Å². The lowest BCUT2D eigenvalue weighted by Gasteiger charge is -2.36. The summed E-state index contributed by atoms with van der Waals surface area (Å²) in [5, 5.41) is 3.93. The van der Waals surface area contributed by atoms with Gasteiger partial charge >= 0.3 is 0 Å². The van der Waals surface area contributed by atoms with Crippen LogP contribution in [-0.4, -0.2) is 43.5 Å². The molecule has 1 unspecified atom stereocenters. The summed E-state index contributed by atoms with van der Waals surface area (Å²) in [5.41, 5.74) is 1.58. The Bertz CT molecular complexity index is 762. The van der Waals surface area contributed by atoms with Crippen molar-refractivity contribution < 1.29 is 9.18 Å². The summed E-state index contributed by atoms with van der Waals surface area (Å²) in [5.74, 6) is -0.167. The summed E-state index contributed by atoms with van der Waals surface area (Å²) in [6, 6.07) is 14.4. The van der Waals surface area contributed by atoms with Gasteiger partial charge in [-0.25, -0.2) is 4.39 Å². The lowest BCUT2D eigenvalue weighted by Crippen LogP contribution is -2.51. The largest absolute Gasteiger partial charge is 0.366 e. The number of para-hydroxylation sites is 1. The Morgan fingerprint density at radius 1 is 1.12 bits per heavy atom. The summed E-state index contributed by atoms with van der Waals surface area (Å²) in [4.78, 5) is 16.3. The Morgan fingerprint density at radius 2 is 1.77 bits per heavy atom. The number of hydrogen-bond acceptors (Lipinski definition) is 3. The van der Waals surface area contributed by atoms with Gasteiger partial charge in [-0.3, -0.25) is 4.79 Å². The zero-order valence-electron chi connectivity index (χ0n) is 14.8. The van der Waals surface area contributed by atoms with Crippen molar-refractivity contribution in [2.45, 2.75) is 13.0 Å². The number of rotatable bonds is 5. The number of nitrogens with one attached hydrogen (secondary N) is 1. The maximum atomic E-state index is 13.9. The van der Waals surface area contributed by atoms with E-state index >= 15 is 0 Å². The van der Waals surface area contributed by atoms with Crippen molar-refractivity contribution in [3.63, 3.8) is 0 Å². The topological polar surface area (TPSA) is 35.6 Å². The number of piperazine rings is 1. The molecule has 1 aliphatic heterocycles. The first kappa shape index (κ1) is 18.7. The van der Waals surface area contributed by atoms with Gasteiger partial charge in [0.25, 0.3) is 0 Å². The third-order valence-corrected chi connectivity index (χ3v) is 5.10. The summed E-state index contributed by atoms with van der Waals surface area (Å²) in [6.07, 6.45) is 0. The minimum absolute atomic E-state index is 0.00708. The maximum absolute atomic E-state index is 13.9. The third-order valence-electron chi connectivity index (χ3n) is 4.76. The summed E-state index contributed by atoms with van der Waals surface area (Å²) < 4.78 is 13.9. The lowest BCUT2D eigenvalue weighted by molar-refractivity contribution is -0.130. The first-order valence-electron chi connectivity index (χ1n) is 8.81. The molecule has 1 aliphatic rings. The van der Waals surface area contributed by atoms with Gasteiger partial charge in [-0.2, -0.15) is 0 Å². The Balaban J connectivity index is 1.50. The van der Waals surface area contributed by atoms with Crippen LogP contribution in [0.25, 0.3) is 0 Å². The van der Waals surface area contributed by atoms with Gasteiger partial charge in [0.15, 0.2) is 0 Å². The number of carbonyl (C=O) groups excluding carboxylic acids is 1. The van der Waals surface area contributed by atoms with Crippen LogP contribution in [0.3, 0.4) is 0 Å². The highest BCUT2D eigenvalue weighted by Gasteiger charge is 2.23. The Hall–Kier alpha value is -2.11. The number of benzene rings is 2. The van der Waals surface area contributed by atoms with E-state index in [9.17, 15) is 9.18 Å². The van der Waals surface area contributed by atoms with Gasteiger partial charge in [-0.05, 0) is 30.7 Å². The molecule has 26 heavy (non-hydrogen) atoms. The normalized spacial score (nSPS) is 15.8. The quantitative estimate of drug-likeness (QED) is 0.869. The van der Waals surface area contributed by atoms with E-state index in [-0.39, 0.29) is 24.3 Å². The molecular formula is C20H23ClFN3O. The second-order valence-electron chi connectivity index (χ2n) is 6.44. The van der Waals surface area contributed by atoms with Gasteiger partial charge in [0.1, 0.15) is 5.82 Å². The maximum Gasteiger partial charge on any atom is 0.236 e. The lowest BCUT2D eigenvalue weighted by atomic mass is 10.1. The van der Waals surface area contributed by atoms with Gasteiger partial charge in [-0.1, -0.05) is 41.9 Å². The van der Waals surface area contributed by atoms with E-state index in [4.69, 9.17) is 11.6 Å². The van der Waals surface area contributed by atoms with Crippen LogP contribution in [-0.2, 0) is 4.79 Å². The fraction of sp³-hybridized carbons (Fsp3) is 0.350. The number of anilines is 1. The van der Waals surface area contributed by atoms with Gasteiger partial charge in [0.2, 0.25) is 5.91 Å². The Kier molecular flexibility index (Phi) is 6.12. The van der Waals surface area contributed by atoms with Crippen molar-refractivity contribution in [1.82, 2.24) is 10.2 Å².